The fraction of sp³-hybridized carbons (Fsp3) is 0.111. The summed E-state index contributed by atoms with van der Waals surface area (Å²) in [7, 11) is -0.646. The van der Waals surface area contributed by atoms with E-state index in [-0.39, 0.29) is 16.3 Å². The highest BCUT2D eigenvalue weighted by atomic mass is 35.5. The summed E-state index contributed by atoms with van der Waals surface area (Å²) in [6, 6.07) is 12.4. The van der Waals surface area contributed by atoms with Crippen molar-refractivity contribution >= 4 is 55.4 Å². The maximum Gasteiger partial charge on any atom is 0.242 e. The second-order valence-electron chi connectivity index (χ2n) is 5.90. The predicted octanol–water partition coefficient (Wildman–Crippen LogP) is 5.52. The van der Waals surface area contributed by atoms with Gasteiger partial charge in [0.2, 0.25) is 10.0 Å². The fourth-order valence-corrected chi connectivity index (χ4v) is 3.68. The zero-order chi connectivity index (χ0) is 19.8. The van der Waals surface area contributed by atoms with Crippen LogP contribution >= 0.6 is 23.2 Å². The number of phenols is 1. The first-order valence-electron chi connectivity index (χ1n) is 7.75. The Hall–Kier alpha value is -2.19. The van der Waals surface area contributed by atoms with Gasteiger partial charge in [0.25, 0.3) is 0 Å². The quantitative estimate of drug-likeness (QED) is 0.560. The number of sulfonamides is 1. The topological polar surface area (TPSA) is 82.3 Å². The maximum absolute atomic E-state index is 12.3. The minimum atomic E-state index is -3.57. The Morgan fingerprint density at radius 1 is 0.963 bits per heavy atom. The van der Waals surface area contributed by atoms with E-state index in [1.165, 1.54) is 32.3 Å². The highest BCUT2D eigenvalue weighted by Crippen LogP contribution is 2.38. The lowest BCUT2D eigenvalue weighted by Crippen LogP contribution is -2.22. The molecule has 0 aromatic heterocycles. The Bertz CT molecular complexity index is 1160. The first-order valence-corrected chi connectivity index (χ1v) is 9.95. The molecular weight excluding hydrogens is 409 g/mol. The van der Waals surface area contributed by atoms with Gasteiger partial charge in [-0.15, -0.1) is 10.2 Å². The molecule has 0 aliphatic carbocycles. The van der Waals surface area contributed by atoms with Crippen molar-refractivity contribution in [3.05, 3.63) is 58.6 Å². The largest absolute Gasteiger partial charge is 0.506 e. The van der Waals surface area contributed by atoms with Crippen LogP contribution in [0.25, 0.3) is 10.8 Å². The van der Waals surface area contributed by atoms with Gasteiger partial charge in [-0.1, -0.05) is 35.3 Å². The summed E-state index contributed by atoms with van der Waals surface area (Å²) < 4.78 is 25.8. The zero-order valence-corrected chi connectivity index (χ0v) is 16.7. The van der Waals surface area contributed by atoms with Gasteiger partial charge in [-0.2, -0.15) is 0 Å². The van der Waals surface area contributed by atoms with Crippen molar-refractivity contribution in [2.45, 2.75) is 4.90 Å². The summed E-state index contributed by atoms with van der Waals surface area (Å²) in [6.07, 6.45) is 0. The molecule has 0 fully saturated rings. The molecule has 0 aliphatic rings. The molecule has 0 aliphatic heterocycles. The number of azo groups is 1. The summed E-state index contributed by atoms with van der Waals surface area (Å²) >= 11 is 12.0. The van der Waals surface area contributed by atoms with Gasteiger partial charge in [0.1, 0.15) is 17.1 Å². The third kappa shape index (κ3) is 3.91. The van der Waals surface area contributed by atoms with Crippen LogP contribution in [0, 0.1) is 0 Å². The van der Waals surface area contributed by atoms with Crippen molar-refractivity contribution in [3.8, 4) is 5.75 Å². The van der Waals surface area contributed by atoms with Crippen molar-refractivity contribution < 1.29 is 13.5 Å². The number of rotatable bonds is 4. The Morgan fingerprint density at radius 3 is 2.41 bits per heavy atom. The molecular formula is C18H15Cl2N3O3S. The number of nitrogens with zero attached hydrogens (tertiary/aromatic N) is 3. The summed E-state index contributed by atoms with van der Waals surface area (Å²) in [5.41, 5.74) is 0.560. The zero-order valence-electron chi connectivity index (χ0n) is 14.4. The van der Waals surface area contributed by atoms with E-state index in [9.17, 15) is 13.5 Å². The maximum atomic E-state index is 12.3. The molecule has 0 unspecified atom stereocenters. The van der Waals surface area contributed by atoms with Gasteiger partial charge < -0.3 is 5.11 Å². The number of phenolic OH excluding ortho intramolecular Hbond substituents is 1. The summed E-state index contributed by atoms with van der Waals surface area (Å²) in [6.45, 7) is 0. The van der Waals surface area contributed by atoms with Crippen LogP contribution < -0.4 is 0 Å². The number of benzene rings is 3. The van der Waals surface area contributed by atoms with Crippen molar-refractivity contribution in [2.75, 3.05) is 14.1 Å². The fourth-order valence-electron chi connectivity index (χ4n) is 2.42. The van der Waals surface area contributed by atoms with Gasteiger partial charge in [-0.05, 0) is 41.8 Å². The highest BCUT2D eigenvalue weighted by Gasteiger charge is 2.18. The Morgan fingerprint density at radius 2 is 1.70 bits per heavy atom. The van der Waals surface area contributed by atoms with Crippen LogP contribution in [0.2, 0.25) is 10.0 Å². The summed E-state index contributed by atoms with van der Waals surface area (Å²) in [5, 5.41) is 20.3. The van der Waals surface area contributed by atoms with Gasteiger partial charge in [-0.25, -0.2) is 12.7 Å². The van der Waals surface area contributed by atoms with Crippen LogP contribution in [0.4, 0.5) is 11.4 Å². The Labute approximate surface area is 166 Å². The molecule has 0 atom stereocenters. The van der Waals surface area contributed by atoms with Gasteiger partial charge in [0, 0.05) is 24.5 Å². The molecule has 9 heteroatoms. The smallest absolute Gasteiger partial charge is 0.242 e. The lowest BCUT2D eigenvalue weighted by Gasteiger charge is -2.12. The van der Waals surface area contributed by atoms with Crippen molar-refractivity contribution in [1.82, 2.24) is 4.31 Å². The van der Waals surface area contributed by atoms with Crippen molar-refractivity contribution in [3.63, 3.8) is 0 Å². The minimum Gasteiger partial charge on any atom is -0.506 e. The number of hydrogen-bond acceptors (Lipinski definition) is 5. The second kappa shape index (κ2) is 7.44. The first kappa shape index (κ1) is 19.6. The molecule has 0 radical (unpaired) electrons. The summed E-state index contributed by atoms with van der Waals surface area (Å²) in [4.78, 5) is 0.145. The first-order chi connectivity index (χ1) is 12.7. The molecule has 6 nitrogen and oxygen atoms in total. The van der Waals surface area contributed by atoms with Gasteiger partial charge >= 0.3 is 0 Å². The second-order valence-corrected chi connectivity index (χ2v) is 8.89. The van der Waals surface area contributed by atoms with Crippen LogP contribution in [0.5, 0.6) is 5.75 Å². The molecule has 140 valence electrons. The predicted molar refractivity (Wildman–Crippen MR) is 107 cm³/mol. The van der Waals surface area contributed by atoms with Crippen LogP contribution in [0.1, 0.15) is 0 Å². The highest BCUT2D eigenvalue weighted by molar-refractivity contribution is 7.89. The molecule has 0 saturated carbocycles. The molecule has 0 amide bonds. The van der Waals surface area contributed by atoms with E-state index in [4.69, 9.17) is 23.2 Å². The molecule has 0 saturated heterocycles. The van der Waals surface area contributed by atoms with E-state index < -0.39 is 10.0 Å². The molecule has 27 heavy (non-hydrogen) atoms. The summed E-state index contributed by atoms with van der Waals surface area (Å²) in [5.74, 6) is -0.0902. The molecule has 0 bridgehead atoms. The number of hydrogen-bond donors (Lipinski definition) is 1. The van der Waals surface area contributed by atoms with Gasteiger partial charge in [0.05, 0.1) is 9.92 Å². The van der Waals surface area contributed by atoms with Crippen LogP contribution in [-0.4, -0.2) is 31.9 Å². The standard InChI is InChI=1S/C18H15Cl2N3O3S/c1-23(2)27(25,26)13-5-6-14-11(9-13)3-8-17(24)18(14)22-21-16-10-12(19)4-7-15(16)20/h3-10,24H,1-2H3. The van der Waals surface area contributed by atoms with E-state index in [2.05, 4.69) is 10.2 Å². The molecule has 0 spiro atoms. The van der Waals surface area contributed by atoms with E-state index in [0.717, 1.165) is 4.31 Å². The number of aromatic hydroxyl groups is 1. The average Bonchev–Trinajstić information content (AvgIpc) is 2.63. The Balaban J connectivity index is 2.12. The lowest BCUT2D eigenvalue weighted by molar-refractivity contribution is 0.477. The lowest BCUT2D eigenvalue weighted by atomic mass is 10.1. The van der Waals surface area contributed by atoms with Crippen molar-refractivity contribution in [2.24, 2.45) is 10.2 Å². The third-order valence-corrected chi connectivity index (χ3v) is 6.25. The van der Waals surface area contributed by atoms with Gasteiger partial charge in [-0.3, -0.25) is 0 Å². The van der Waals surface area contributed by atoms with Crippen LogP contribution in [0.15, 0.2) is 63.7 Å². The van der Waals surface area contributed by atoms with Crippen LogP contribution in [0.3, 0.4) is 0 Å². The molecule has 3 rings (SSSR count). The molecule has 3 aromatic carbocycles. The van der Waals surface area contributed by atoms with Gasteiger partial charge in [0.15, 0.2) is 0 Å². The average molecular weight is 424 g/mol. The van der Waals surface area contributed by atoms with Crippen LogP contribution in [-0.2, 0) is 10.0 Å². The number of fused-ring (bicyclic) bond motifs is 1. The van der Waals surface area contributed by atoms with Crippen molar-refractivity contribution in [1.29, 1.82) is 0 Å². The Kier molecular flexibility index (Phi) is 5.39. The SMILES string of the molecule is CN(C)S(=O)(=O)c1ccc2c(N=Nc3cc(Cl)ccc3Cl)c(O)ccc2c1. The molecule has 3 aromatic rings. The molecule has 1 N–H and O–H groups in total. The third-order valence-electron chi connectivity index (χ3n) is 3.89. The monoisotopic (exact) mass is 423 g/mol. The number of halogens is 2. The molecule has 0 heterocycles. The van der Waals surface area contributed by atoms with E-state index >= 15 is 0 Å². The normalized spacial score (nSPS) is 12.3. The van der Waals surface area contributed by atoms with E-state index in [1.54, 1.807) is 30.3 Å². The van der Waals surface area contributed by atoms with E-state index in [1.807, 2.05) is 0 Å². The minimum absolute atomic E-state index is 0.0902. The van der Waals surface area contributed by atoms with E-state index in [0.29, 0.717) is 26.5 Å².